The smallest absolute Gasteiger partial charge is 0.0681 e. The van der Waals surface area contributed by atoms with Crippen LogP contribution in [0.3, 0.4) is 0 Å². The van der Waals surface area contributed by atoms with Crippen LogP contribution in [-0.4, -0.2) is 0 Å². The van der Waals surface area contributed by atoms with Crippen LogP contribution < -0.4 is 11.3 Å². The second-order valence-electron chi connectivity index (χ2n) is 4.15. The zero-order valence-electron chi connectivity index (χ0n) is 9.25. The summed E-state index contributed by atoms with van der Waals surface area (Å²) in [7, 11) is 0. The largest absolute Gasteiger partial charge is 0.271 e. The summed E-state index contributed by atoms with van der Waals surface area (Å²) < 4.78 is 1.12. The second-order valence-corrected chi connectivity index (χ2v) is 5.00. The van der Waals surface area contributed by atoms with Gasteiger partial charge in [0, 0.05) is 4.47 Å². The van der Waals surface area contributed by atoms with E-state index < -0.39 is 0 Å². The molecule has 1 aromatic rings. The van der Waals surface area contributed by atoms with Gasteiger partial charge in [0.2, 0.25) is 0 Å². The number of benzene rings is 1. The van der Waals surface area contributed by atoms with Crippen LogP contribution in [0.5, 0.6) is 0 Å². The molecule has 1 aromatic carbocycles. The maximum Gasteiger partial charge on any atom is 0.0681 e. The fourth-order valence-electron chi connectivity index (χ4n) is 2.23. The van der Waals surface area contributed by atoms with E-state index in [0.29, 0.717) is 0 Å². The number of hydrogen-bond donors (Lipinski definition) is 2. The molecule has 2 nitrogen and oxygen atoms in total. The van der Waals surface area contributed by atoms with Crippen LogP contribution in [0.15, 0.2) is 40.4 Å². The molecule has 0 aliphatic heterocycles. The van der Waals surface area contributed by atoms with Crippen molar-refractivity contribution in [2.45, 2.75) is 31.7 Å². The van der Waals surface area contributed by atoms with E-state index >= 15 is 0 Å². The SMILES string of the molecule is NNC(C1=CCCCC1)c1ccccc1Br. The van der Waals surface area contributed by atoms with Gasteiger partial charge in [-0.05, 0) is 37.3 Å². The standard InChI is InChI=1S/C13H17BrN2/c14-12-9-5-4-8-11(12)13(16-15)10-6-2-1-3-7-10/h4-6,8-9,13,16H,1-3,7,15H2. The van der Waals surface area contributed by atoms with Crippen LogP contribution >= 0.6 is 15.9 Å². The summed E-state index contributed by atoms with van der Waals surface area (Å²) in [6.07, 6.45) is 7.23. The fourth-order valence-corrected chi connectivity index (χ4v) is 2.74. The fraction of sp³-hybridized carbons (Fsp3) is 0.385. The minimum Gasteiger partial charge on any atom is -0.271 e. The van der Waals surface area contributed by atoms with E-state index in [2.05, 4.69) is 39.6 Å². The lowest BCUT2D eigenvalue weighted by Gasteiger charge is -2.23. The molecule has 2 rings (SSSR count). The molecular formula is C13H17BrN2. The third-order valence-electron chi connectivity index (χ3n) is 3.08. The first kappa shape index (κ1) is 11.8. The van der Waals surface area contributed by atoms with Crippen LogP contribution in [0.2, 0.25) is 0 Å². The lowest BCUT2D eigenvalue weighted by atomic mass is 9.90. The highest BCUT2D eigenvalue weighted by atomic mass is 79.9. The number of nitrogens with one attached hydrogen (secondary N) is 1. The average Bonchev–Trinajstić information content (AvgIpc) is 2.34. The molecule has 16 heavy (non-hydrogen) atoms. The lowest BCUT2D eigenvalue weighted by molar-refractivity contribution is 0.564. The summed E-state index contributed by atoms with van der Waals surface area (Å²) in [5, 5.41) is 0. The molecule has 1 aliphatic rings. The molecule has 0 amide bonds. The van der Waals surface area contributed by atoms with Crippen molar-refractivity contribution in [3.63, 3.8) is 0 Å². The van der Waals surface area contributed by atoms with Crippen molar-refractivity contribution < 1.29 is 0 Å². The van der Waals surface area contributed by atoms with Gasteiger partial charge in [0.25, 0.3) is 0 Å². The van der Waals surface area contributed by atoms with Gasteiger partial charge in [-0.15, -0.1) is 0 Å². The third kappa shape index (κ3) is 2.54. The molecule has 1 atom stereocenters. The lowest BCUT2D eigenvalue weighted by Crippen LogP contribution is -2.30. The highest BCUT2D eigenvalue weighted by molar-refractivity contribution is 9.10. The number of allylic oxidation sites excluding steroid dienone is 1. The maximum absolute atomic E-state index is 5.69. The molecule has 0 aromatic heterocycles. The number of hydrogen-bond acceptors (Lipinski definition) is 2. The molecule has 0 saturated carbocycles. The van der Waals surface area contributed by atoms with Crippen molar-refractivity contribution in [3.8, 4) is 0 Å². The van der Waals surface area contributed by atoms with E-state index in [-0.39, 0.29) is 6.04 Å². The minimum absolute atomic E-state index is 0.149. The first-order valence-corrected chi connectivity index (χ1v) is 6.51. The van der Waals surface area contributed by atoms with Gasteiger partial charge in [-0.25, -0.2) is 5.43 Å². The van der Waals surface area contributed by atoms with Crippen molar-refractivity contribution in [1.29, 1.82) is 0 Å². The minimum atomic E-state index is 0.149. The van der Waals surface area contributed by atoms with E-state index in [9.17, 15) is 0 Å². The van der Waals surface area contributed by atoms with Crippen molar-refractivity contribution in [2.24, 2.45) is 5.84 Å². The highest BCUT2D eigenvalue weighted by Crippen LogP contribution is 2.32. The van der Waals surface area contributed by atoms with Crippen LogP contribution in [0.1, 0.15) is 37.3 Å². The molecule has 0 fully saturated rings. The molecule has 3 heteroatoms. The number of nitrogens with two attached hydrogens (primary N) is 1. The molecular weight excluding hydrogens is 264 g/mol. The molecule has 0 spiro atoms. The van der Waals surface area contributed by atoms with Crippen molar-refractivity contribution in [3.05, 3.63) is 46.0 Å². The number of rotatable bonds is 3. The number of hydrazine groups is 1. The Kier molecular flexibility index (Phi) is 4.16. The van der Waals surface area contributed by atoms with Gasteiger partial charge < -0.3 is 0 Å². The molecule has 86 valence electrons. The first-order valence-electron chi connectivity index (χ1n) is 5.72. The monoisotopic (exact) mass is 280 g/mol. The van der Waals surface area contributed by atoms with Gasteiger partial charge in [0.15, 0.2) is 0 Å². The molecule has 0 bridgehead atoms. The van der Waals surface area contributed by atoms with Crippen LogP contribution in [-0.2, 0) is 0 Å². The summed E-state index contributed by atoms with van der Waals surface area (Å²) in [5.74, 6) is 5.69. The van der Waals surface area contributed by atoms with Crippen molar-refractivity contribution in [2.75, 3.05) is 0 Å². The van der Waals surface area contributed by atoms with Crippen LogP contribution in [0.25, 0.3) is 0 Å². The maximum atomic E-state index is 5.69. The summed E-state index contributed by atoms with van der Waals surface area (Å²) in [6.45, 7) is 0. The van der Waals surface area contributed by atoms with E-state index in [1.54, 1.807) is 0 Å². The summed E-state index contributed by atoms with van der Waals surface area (Å²) in [6, 6.07) is 8.40. The van der Waals surface area contributed by atoms with Gasteiger partial charge in [0.05, 0.1) is 6.04 Å². The zero-order chi connectivity index (χ0) is 11.4. The van der Waals surface area contributed by atoms with Gasteiger partial charge >= 0.3 is 0 Å². The molecule has 0 radical (unpaired) electrons. The summed E-state index contributed by atoms with van der Waals surface area (Å²) >= 11 is 3.58. The van der Waals surface area contributed by atoms with Gasteiger partial charge in [-0.1, -0.05) is 45.8 Å². The predicted molar refractivity (Wildman–Crippen MR) is 70.8 cm³/mol. The van der Waals surface area contributed by atoms with E-state index in [4.69, 9.17) is 5.84 Å². The Hall–Kier alpha value is -0.640. The molecule has 1 unspecified atom stereocenters. The van der Waals surface area contributed by atoms with Crippen molar-refractivity contribution >= 4 is 15.9 Å². The summed E-state index contributed by atoms with van der Waals surface area (Å²) in [5.41, 5.74) is 5.57. The van der Waals surface area contributed by atoms with E-state index in [1.165, 1.54) is 30.4 Å². The molecule has 1 aliphatic carbocycles. The average molecular weight is 281 g/mol. The Balaban J connectivity index is 2.28. The Labute approximate surface area is 105 Å². The Morgan fingerprint density at radius 2 is 2.06 bits per heavy atom. The number of halogens is 1. The summed E-state index contributed by atoms with van der Waals surface area (Å²) in [4.78, 5) is 0. The Morgan fingerprint density at radius 3 is 2.69 bits per heavy atom. The van der Waals surface area contributed by atoms with Crippen LogP contribution in [0, 0.1) is 0 Å². The van der Waals surface area contributed by atoms with Crippen LogP contribution in [0.4, 0.5) is 0 Å². The Bertz CT molecular complexity index is 387. The molecule has 0 saturated heterocycles. The molecule has 3 N–H and O–H groups in total. The van der Waals surface area contributed by atoms with Crippen molar-refractivity contribution in [1.82, 2.24) is 5.43 Å². The normalized spacial score (nSPS) is 18.0. The van der Waals surface area contributed by atoms with Gasteiger partial charge in [-0.2, -0.15) is 0 Å². The second kappa shape index (κ2) is 5.62. The predicted octanol–water partition coefficient (Wildman–Crippen LogP) is 3.45. The third-order valence-corrected chi connectivity index (χ3v) is 3.80. The topological polar surface area (TPSA) is 38.0 Å². The zero-order valence-corrected chi connectivity index (χ0v) is 10.8. The van der Waals surface area contributed by atoms with E-state index in [0.717, 1.165) is 10.9 Å². The van der Waals surface area contributed by atoms with E-state index in [1.807, 2.05) is 12.1 Å². The molecule has 0 heterocycles. The van der Waals surface area contributed by atoms with Gasteiger partial charge in [0.1, 0.15) is 0 Å². The van der Waals surface area contributed by atoms with Gasteiger partial charge in [-0.3, -0.25) is 5.84 Å². The highest BCUT2D eigenvalue weighted by Gasteiger charge is 2.18. The Morgan fingerprint density at radius 1 is 1.25 bits per heavy atom. The quantitative estimate of drug-likeness (QED) is 0.506. The first-order chi connectivity index (χ1) is 7.83.